The summed E-state index contributed by atoms with van der Waals surface area (Å²) in [4.78, 5) is 26.5. The van der Waals surface area contributed by atoms with E-state index in [0.29, 0.717) is 11.1 Å². The molecule has 0 atom stereocenters. The summed E-state index contributed by atoms with van der Waals surface area (Å²) in [6.07, 6.45) is 15.1. The van der Waals surface area contributed by atoms with Gasteiger partial charge >= 0.3 is 0 Å². The standard InChI is InChI=1S/C28H36N2O2/c31-25(29-27-11-17-4-18(12-27)6-19(5-17)13-27)23-2-1-3-24(10-23)26(32)30-28-14-20-7-21(15-28)9-22(8-20)16-28/h1-3,10,17-22H,4-9,11-16H2,(H,29,31)(H,30,32). The van der Waals surface area contributed by atoms with Crippen LogP contribution in [-0.2, 0) is 0 Å². The van der Waals surface area contributed by atoms with Gasteiger partial charge in [-0.15, -0.1) is 0 Å². The van der Waals surface area contributed by atoms with Crippen molar-refractivity contribution >= 4 is 11.8 Å². The number of rotatable bonds is 4. The summed E-state index contributed by atoms with van der Waals surface area (Å²) in [6, 6.07) is 7.45. The van der Waals surface area contributed by atoms with Gasteiger partial charge in [-0.3, -0.25) is 9.59 Å². The van der Waals surface area contributed by atoms with Crippen molar-refractivity contribution in [2.75, 3.05) is 0 Å². The van der Waals surface area contributed by atoms with Crippen molar-refractivity contribution in [2.45, 2.75) is 88.1 Å². The van der Waals surface area contributed by atoms with Crippen molar-refractivity contribution in [3.05, 3.63) is 35.4 Å². The Balaban J connectivity index is 1.07. The first-order chi connectivity index (χ1) is 15.4. The van der Waals surface area contributed by atoms with Crippen LogP contribution in [0.15, 0.2) is 24.3 Å². The predicted molar refractivity (Wildman–Crippen MR) is 123 cm³/mol. The lowest BCUT2D eigenvalue weighted by Gasteiger charge is -2.57. The molecule has 0 heterocycles. The quantitative estimate of drug-likeness (QED) is 0.697. The second kappa shape index (κ2) is 6.84. The molecule has 8 aliphatic rings. The van der Waals surface area contributed by atoms with Gasteiger partial charge in [-0.05, 0) is 131 Å². The molecule has 9 rings (SSSR count). The Hall–Kier alpha value is -1.84. The van der Waals surface area contributed by atoms with Crippen molar-refractivity contribution in [2.24, 2.45) is 35.5 Å². The highest BCUT2D eigenvalue weighted by Gasteiger charge is 2.52. The third-order valence-corrected chi connectivity index (χ3v) is 10.2. The first-order valence-corrected chi connectivity index (χ1v) is 13.2. The van der Waals surface area contributed by atoms with Gasteiger partial charge in [-0.1, -0.05) is 6.07 Å². The third-order valence-electron chi connectivity index (χ3n) is 10.2. The lowest BCUT2D eigenvalue weighted by molar-refractivity contribution is -0.0169. The van der Waals surface area contributed by atoms with E-state index < -0.39 is 0 Å². The van der Waals surface area contributed by atoms with Gasteiger partial charge < -0.3 is 10.6 Å². The number of carbonyl (C=O) groups is 2. The molecule has 2 amide bonds. The topological polar surface area (TPSA) is 58.2 Å². The minimum absolute atomic E-state index is 0.00327. The molecular weight excluding hydrogens is 396 g/mol. The van der Waals surface area contributed by atoms with E-state index in [1.165, 1.54) is 38.5 Å². The van der Waals surface area contributed by atoms with E-state index in [1.54, 1.807) is 0 Å². The van der Waals surface area contributed by atoms with E-state index in [2.05, 4.69) is 10.6 Å². The SMILES string of the molecule is O=C(NC12CC3CC(CC(C3)C1)C2)c1cccc(C(=O)NC23CC4CC(CC(C4)C2)C3)c1. The van der Waals surface area contributed by atoms with E-state index in [1.807, 2.05) is 24.3 Å². The second-order valence-corrected chi connectivity index (χ2v) is 12.9. The molecule has 8 saturated carbocycles. The fourth-order valence-electron chi connectivity index (χ4n) is 9.96. The summed E-state index contributed by atoms with van der Waals surface area (Å²) in [6.45, 7) is 0. The maximum Gasteiger partial charge on any atom is 0.251 e. The van der Waals surface area contributed by atoms with E-state index in [0.717, 1.165) is 74.0 Å². The molecule has 32 heavy (non-hydrogen) atoms. The van der Waals surface area contributed by atoms with Crippen molar-refractivity contribution in [3.63, 3.8) is 0 Å². The Morgan fingerprint density at radius 3 is 1.22 bits per heavy atom. The van der Waals surface area contributed by atoms with Gasteiger partial charge in [0.1, 0.15) is 0 Å². The Morgan fingerprint density at radius 1 is 0.594 bits per heavy atom. The maximum absolute atomic E-state index is 13.3. The minimum Gasteiger partial charge on any atom is -0.347 e. The number of benzene rings is 1. The molecule has 8 aliphatic carbocycles. The molecule has 0 radical (unpaired) electrons. The highest BCUT2D eigenvalue weighted by Crippen LogP contribution is 2.56. The van der Waals surface area contributed by atoms with Crippen LogP contribution in [0.2, 0.25) is 0 Å². The summed E-state index contributed by atoms with van der Waals surface area (Å²) >= 11 is 0. The van der Waals surface area contributed by atoms with E-state index in [-0.39, 0.29) is 22.9 Å². The highest BCUT2D eigenvalue weighted by molar-refractivity contribution is 6.00. The molecule has 8 bridgehead atoms. The smallest absolute Gasteiger partial charge is 0.251 e. The molecule has 0 spiro atoms. The zero-order chi connectivity index (χ0) is 21.5. The molecule has 2 N–H and O–H groups in total. The van der Waals surface area contributed by atoms with Crippen molar-refractivity contribution in [1.82, 2.24) is 10.6 Å². The minimum atomic E-state index is 0.00327. The first-order valence-electron chi connectivity index (χ1n) is 13.2. The highest BCUT2D eigenvalue weighted by atomic mass is 16.2. The van der Waals surface area contributed by atoms with Crippen molar-refractivity contribution < 1.29 is 9.59 Å². The third kappa shape index (κ3) is 3.23. The summed E-state index contributed by atoms with van der Waals surface area (Å²) in [5, 5.41) is 6.93. The van der Waals surface area contributed by atoms with Crippen LogP contribution >= 0.6 is 0 Å². The van der Waals surface area contributed by atoms with E-state index >= 15 is 0 Å². The number of nitrogens with one attached hydrogen (secondary N) is 2. The van der Waals surface area contributed by atoms with Crippen molar-refractivity contribution in [3.8, 4) is 0 Å². The molecule has 170 valence electrons. The fourth-order valence-corrected chi connectivity index (χ4v) is 9.96. The van der Waals surface area contributed by atoms with E-state index in [9.17, 15) is 9.59 Å². The van der Waals surface area contributed by atoms with Crippen LogP contribution in [0.1, 0.15) is 97.8 Å². The monoisotopic (exact) mass is 432 g/mol. The van der Waals surface area contributed by atoms with Crippen LogP contribution in [0.25, 0.3) is 0 Å². The lowest BCUT2D eigenvalue weighted by Crippen LogP contribution is -2.60. The molecule has 8 fully saturated rings. The molecule has 4 heteroatoms. The van der Waals surface area contributed by atoms with Crippen LogP contribution in [0.4, 0.5) is 0 Å². The summed E-state index contributed by atoms with van der Waals surface area (Å²) < 4.78 is 0. The number of hydrogen-bond donors (Lipinski definition) is 2. The van der Waals surface area contributed by atoms with Crippen LogP contribution in [0.5, 0.6) is 0 Å². The van der Waals surface area contributed by atoms with Crippen LogP contribution < -0.4 is 10.6 Å². The van der Waals surface area contributed by atoms with Crippen molar-refractivity contribution in [1.29, 1.82) is 0 Å². The first kappa shape index (κ1) is 19.6. The van der Waals surface area contributed by atoms with Gasteiger partial charge in [0.15, 0.2) is 0 Å². The van der Waals surface area contributed by atoms with Gasteiger partial charge in [0.2, 0.25) is 0 Å². The molecule has 0 aliphatic heterocycles. The van der Waals surface area contributed by atoms with Gasteiger partial charge in [-0.2, -0.15) is 0 Å². The molecular formula is C28H36N2O2. The fraction of sp³-hybridized carbons (Fsp3) is 0.714. The van der Waals surface area contributed by atoms with Gasteiger partial charge in [0.05, 0.1) is 0 Å². The summed E-state index contributed by atoms with van der Waals surface area (Å²) in [5.41, 5.74) is 1.28. The zero-order valence-corrected chi connectivity index (χ0v) is 19.1. The lowest BCUT2D eigenvalue weighted by atomic mass is 9.53. The zero-order valence-electron chi connectivity index (χ0n) is 19.1. The Bertz CT molecular complexity index is 822. The van der Waals surface area contributed by atoms with Gasteiger partial charge in [-0.25, -0.2) is 0 Å². The molecule has 0 unspecified atom stereocenters. The maximum atomic E-state index is 13.3. The summed E-state index contributed by atoms with van der Waals surface area (Å²) in [7, 11) is 0. The average molecular weight is 433 g/mol. The van der Waals surface area contributed by atoms with Crippen LogP contribution in [0.3, 0.4) is 0 Å². The predicted octanol–water partition coefficient (Wildman–Crippen LogP) is 5.08. The summed E-state index contributed by atoms with van der Waals surface area (Å²) in [5.74, 6) is 4.85. The average Bonchev–Trinajstić information content (AvgIpc) is 2.71. The second-order valence-electron chi connectivity index (χ2n) is 12.9. The number of carbonyl (C=O) groups excluding carboxylic acids is 2. The molecule has 1 aromatic carbocycles. The van der Waals surface area contributed by atoms with Crippen LogP contribution in [-0.4, -0.2) is 22.9 Å². The largest absolute Gasteiger partial charge is 0.347 e. The molecule has 1 aromatic rings. The van der Waals surface area contributed by atoms with E-state index in [4.69, 9.17) is 0 Å². The Kier molecular flexibility index (Phi) is 4.19. The Labute approximate surface area is 191 Å². The normalized spacial score (nSPS) is 45.1. The Morgan fingerprint density at radius 2 is 0.906 bits per heavy atom. The molecule has 4 nitrogen and oxygen atoms in total. The van der Waals surface area contributed by atoms with Crippen LogP contribution in [0, 0.1) is 35.5 Å². The number of amides is 2. The van der Waals surface area contributed by atoms with Gasteiger partial charge in [0, 0.05) is 22.2 Å². The van der Waals surface area contributed by atoms with Gasteiger partial charge in [0.25, 0.3) is 11.8 Å². The number of hydrogen-bond acceptors (Lipinski definition) is 2. The molecule has 0 saturated heterocycles. The molecule has 0 aromatic heterocycles.